The van der Waals surface area contributed by atoms with Crippen molar-refractivity contribution in [1.29, 1.82) is 0 Å². The Morgan fingerprint density at radius 3 is 2.64 bits per heavy atom. The molecule has 0 saturated heterocycles. The first-order chi connectivity index (χ1) is 15.8. The van der Waals surface area contributed by atoms with Crippen LogP contribution in [0.15, 0.2) is 65.8 Å². The summed E-state index contributed by atoms with van der Waals surface area (Å²) >= 11 is 6.16. The lowest BCUT2D eigenvalue weighted by molar-refractivity contribution is 0.0784. The summed E-state index contributed by atoms with van der Waals surface area (Å²) in [6, 6.07) is 13.2. The van der Waals surface area contributed by atoms with Crippen LogP contribution < -0.4 is 14.2 Å². The number of carbonyl (C=O) groups excluding carboxylic acids is 1. The largest absolute Gasteiger partial charge is 0.486 e. The van der Waals surface area contributed by atoms with Gasteiger partial charge in [-0.15, -0.1) is 0 Å². The van der Waals surface area contributed by atoms with Crippen LogP contribution in [-0.2, 0) is 23.1 Å². The van der Waals surface area contributed by atoms with Gasteiger partial charge in [-0.1, -0.05) is 23.7 Å². The van der Waals surface area contributed by atoms with Crippen molar-refractivity contribution >= 4 is 27.5 Å². The first kappa shape index (κ1) is 23.0. The summed E-state index contributed by atoms with van der Waals surface area (Å²) in [5.41, 5.74) is 1.76. The zero-order chi connectivity index (χ0) is 23.4. The fourth-order valence-electron chi connectivity index (χ4n) is 3.35. The molecule has 33 heavy (non-hydrogen) atoms. The van der Waals surface area contributed by atoms with E-state index in [0.29, 0.717) is 36.8 Å². The zero-order valence-corrected chi connectivity index (χ0v) is 19.4. The van der Waals surface area contributed by atoms with E-state index >= 15 is 0 Å². The second kappa shape index (κ2) is 9.78. The molecule has 3 aromatic rings. The van der Waals surface area contributed by atoms with Gasteiger partial charge in [0.15, 0.2) is 11.5 Å². The summed E-state index contributed by atoms with van der Waals surface area (Å²) in [5, 5.41) is 0.0275. The lowest BCUT2D eigenvalue weighted by Gasteiger charge is -2.21. The minimum atomic E-state index is -3.95. The van der Waals surface area contributed by atoms with Crippen molar-refractivity contribution < 1.29 is 22.7 Å². The molecule has 8 nitrogen and oxygen atoms in total. The van der Waals surface area contributed by atoms with Gasteiger partial charge in [0.25, 0.3) is 5.91 Å². The van der Waals surface area contributed by atoms with E-state index in [1.54, 1.807) is 31.6 Å². The smallest absolute Gasteiger partial charge is 0.253 e. The first-order valence-corrected chi connectivity index (χ1v) is 12.0. The Bertz CT molecular complexity index is 1270. The number of nitrogens with one attached hydrogen (secondary N) is 1. The van der Waals surface area contributed by atoms with Crippen LogP contribution in [0.2, 0.25) is 5.02 Å². The van der Waals surface area contributed by atoms with Gasteiger partial charge in [0.2, 0.25) is 10.0 Å². The molecule has 172 valence electrons. The van der Waals surface area contributed by atoms with E-state index in [4.69, 9.17) is 21.1 Å². The van der Waals surface area contributed by atoms with E-state index in [1.807, 2.05) is 18.2 Å². The number of aromatic nitrogens is 1. The van der Waals surface area contributed by atoms with E-state index in [9.17, 15) is 13.2 Å². The Labute approximate surface area is 197 Å². The van der Waals surface area contributed by atoms with Gasteiger partial charge in [-0.3, -0.25) is 9.78 Å². The number of fused-ring (bicyclic) bond motifs is 1. The van der Waals surface area contributed by atoms with Crippen LogP contribution in [0.25, 0.3) is 0 Å². The number of halogens is 1. The number of nitrogens with zero attached hydrogens (tertiary/aromatic N) is 2. The molecule has 1 aromatic heterocycles. The molecule has 0 radical (unpaired) electrons. The Morgan fingerprint density at radius 1 is 1.09 bits per heavy atom. The highest BCUT2D eigenvalue weighted by Gasteiger charge is 2.22. The fraction of sp³-hybridized carbons (Fsp3) is 0.217. The normalized spacial score (nSPS) is 12.9. The van der Waals surface area contributed by atoms with Gasteiger partial charge in [0.1, 0.15) is 18.1 Å². The minimum Gasteiger partial charge on any atom is -0.486 e. The highest BCUT2D eigenvalue weighted by atomic mass is 35.5. The van der Waals surface area contributed by atoms with Crippen LogP contribution in [-0.4, -0.2) is 44.5 Å². The molecule has 0 fully saturated rings. The van der Waals surface area contributed by atoms with E-state index in [-0.39, 0.29) is 27.9 Å². The molecule has 1 aliphatic heterocycles. The lowest BCUT2D eigenvalue weighted by atomic mass is 10.1. The number of rotatable bonds is 7. The molecule has 1 aliphatic rings. The van der Waals surface area contributed by atoms with Crippen molar-refractivity contribution in [3.05, 3.63) is 82.6 Å². The SMILES string of the molecule is CN(Cc1ccc2c(c1)OCCO2)C(=O)c1ccc(Cl)c(S(=O)(=O)NCc2cccnc2)c1. The number of hydrogen-bond acceptors (Lipinski definition) is 6. The van der Waals surface area contributed by atoms with Crippen molar-refractivity contribution in [2.45, 2.75) is 18.0 Å². The monoisotopic (exact) mass is 487 g/mol. The third kappa shape index (κ3) is 5.44. The van der Waals surface area contributed by atoms with Crippen molar-refractivity contribution in [3.63, 3.8) is 0 Å². The molecule has 0 bridgehead atoms. The van der Waals surface area contributed by atoms with Gasteiger partial charge < -0.3 is 14.4 Å². The number of pyridine rings is 1. The Balaban J connectivity index is 1.49. The molecule has 4 rings (SSSR count). The molecule has 0 unspecified atom stereocenters. The zero-order valence-electron chi connectivity index (χ0n) is 17.8. The predicted octanol–water partition coefficient (Wildman–Crippen LogP) is 3.26. The quantitative estimate of drug-likeness (QED) is 0.549. The molecule has 0 saturated carbocycles. The number of benzene rings is 2. The standard InChI is InChI=1S/C23H22ClN3O5S/c1-27(15-16-4-7-20-21(11-16)32-10-9-31-20)23(28)18-5-6-19(24)22(12-18)33(29,30)26-14-17-3-2-8-25-13-17/h2-8,11-13,26H,9-10,14-15H2,1H3. The van der Waals surface area contributed by atoms with E-state index in [1.165, 1.54) is 23.1 Å². The van der Waals surface area contributed by atoms with Crippen molar-refractivity contribution in [2.75, 3.05) is 20.3 Å². The summed E-state index contributed by atoms with van der Waals surface area (Å²) < 4.78 is 39.3. The lowest BCUT2D eigenvalue weighted by Crippen LogP contribution is -2.27. The Morgan fingerprint density at radius 2 is 1.88 bits per heavy atom. The van der Waals surface area contributed by atoms with E-state index < -0.39 is 10.0 Å². The summed E-state index contributed by atoms with van der Waals surface area (Å²) in [6.07, 6.45) is 3.17. The average molecular weight is 488 g/mol. The third-order valence-electron chi connectivity index (χ3n) is 5.03. The maximum Gasteiger partial charge on any atom is 0.253 e. The van der Waals surface area contributed by atoms with Gasteiger partial charge in [-0.25, -0.2) is 13.1 Å². The molecule has 1 N–H and O–H groups in total. The molecule has 0 aliphatic carbocycles. The Kier molecular flexibility index (Phi) is 6.83. The first-order valence-electron chi connectivity index (χ1n) is 10.2. The Hall–Kier alpha value is -3.14. The molecule has 0 atom stereocenters. The highest BCUT2D eigenvalue weighted by Crippen LogP contribution is 2.31. The van der Waals surface area contributed by atoms with Crippen LogP contribution in [0.3, 0.4) is 0 Å². The van der Waals surface area contributed by atoms with Gasteiger partial charge >= 0.3 is 0 Å². The van der Waals surface area contributed by atoms with E-state index in [0.717, 1.165) is 5.56 Å². The van der Waals surface area contributed by atoms with Crippen LogP contribution in [0, 0.1) is 0 Å². The average Bonchev–Trinajstić information content (AvgIpc) is 2.83. The molecule has 0 spiro atoms. The van der Waals surface area contributed by atoms with Crippen molar-refractivity contribution in [3.8, 4) is 11.5 Å². The number of hydrogen-bond donors (Lipinski definition) is 1. The molecular formula is C23H22ClN3O5S. The van der Waals surface area contributed by atoms with Crippen LogP contribution in [0.1, 0.15) is 21.5 Å². The second-order valence-corrected chi connectivity index (χ2v) is 9.61. The summed E-state index contributed by atoms with van der Waals surface area (Å²) in [6.45, 7) is 1.33. The number of amides is 1. The third-order valence-corrected chi connectivity index (χ3v) is 6.91. The van der Waals surface area contributed by atoms with Crippen LogP contribution >= 0.6 is 11.6 Å². The molecule has 2 aromatic carbocycles. The minimum absolute atomic E-state index is 0.0275. The maximum absolute atomic E-state index is 13.0. The number of ether oxygens (including phenoxy) is 2. The maximum atomic E-state index is 13.0. The molecule has 2 heterocycles. The predicted molar refractivity (Wildman–Crippen MR) is 123 cm³/mol. The van der Waals surface area contributed by atoms with Crippen LogP contribution in [0.4, 0.5) is 0 Å². The van der Waals surface area contributed by atoms with Crippen LogP contribution in [0.5, 0.6) is 11.5 Å². The van der Waals surface area contributed by atoms with Gasteiger partial charge in [0.05, 0.1) is 5.02 Å². The number of carbonyl (C=O) groups is 1. The fourth-order valence-corrected chi connectivity index (χ4v) is 4.89. The molecule has 1 amide bonds. The summed E-state index contributed by atoms with van der Waals surface area (Å²) in [5.74, 6) is 0.967. The molecular weight excluding hydrogens is 466 g/mol. The topological polar surface area (TPSA) is 97.8 Å². The van der Waals surface area contributed by atoms with Gasteiger partial charge in [-0.05, 0) is 47.5 Å². The van der Waals surface area contributed by atoms with Gasteiger partial charge in [-0.2, -0.15) is 0 Å². The second-order valence-electron chi connectivity index (χ2n) is 7.47. The number of sulfonamides is 1. The van der Waals surface area contributed by atoms with Gasteiger partial charge in [0, 0.05) is 38.1 Å². The van der Waals surface area contributed by atoms with E-state index in [2.05, 4.69) is 9.71 Å². The summed E-state index contributed by atoms with van der Waals surface area (Å²) in [4.78, 5) is 18.3. The van der Waals surface area contributed by atoms with Crippen molar-refractivity contribution in [2.24, 2.45) is 0 Å². The summed E-state index contributed by atoms with van der Waals surface area (Å²) in [7, 11) is -2.31. The highest BCUT2D eigenvalue weighted by molar-refractivity contribution is 7.89. The van der Waals surface area contributed by atoms with Crippen molar-refractivity contribution in [1.82, 2.24) is 14.6 Å². The molecule has 10 heteroatoms.